The van der Waals surface area contributed by atoms with Crippen molar-refractivity contribution < 1.29 is 16.8 Å². The third-order valence-electron chi connectivity index (χ3n) is 2.75. The Morgan fingerprint density at radius 3 is 2.09 bits per heavy atom. The third-order valence-corrected chi connectivity index (χ3v) is 4.87. The number of primary sulfonamides is 1. The summed E-state index contributed by atoms with van der Waals surface area (Å²) < 4.78 is 50.2. The van der Waals surface area contributed by atoms with Crippen molar-refractivity contribution in [2.75, 3.05) is 0 Å². The largest absolute Gasteiger partial charge is 0.299 e. The second-order valence-electron chi connectivity index (χ2n) is 4.48. The molecule has 2 N–H and O–H groups in total. The average molecular weight is 339 g/mol. The second kappa shape index (κ2) is 5.95. The zero-order valence-corrected chi connectivity index (χ0v) is 13.2. The van der Waals surface area contributed by atoms with Crippen molar-refractivity contribution in [3.63, 3.8) is 0 Å². The molecule has 0 aromatic heterocycles. The van der Waals surface area contributed by atoms with Crippen molar-refractivity contribution in [3.8, 4) is 0 Å². The van der Waals surface area contributed by atoms with E-state index in [4.69, 9.17) is 5.14 Å². The topological polar surface area (TPSA) is 119 Å². The SMILES string of the molecule is Cc1ccc(S(=O)(=O)/N=N/c2ccccc2S(N)(=O)=O)cc1. The van der Waals surface area contributed by atoms with E-state index in [9.17, 15) is 16.8 Å². The van der Waals surface area contributed by atoms with Gasteiger partial charge in [0, 0.05) is 0 Å². The van der Waals surface area contributed by atoms with Gasteiger partial charge < -0.3 is 0 Å². The molecule has 0 unspecified atom stereocenters. The smallest absolute Gasteiger partial charge is 0.225 e. The number of rotatable bonds is 4. The monoisotopic (exact) mass is 339 g/mol. The van der Waals surface area contributed by atoms with Gasteiger partial charge in [0.15, 0.2) is 0 Å². The van der Waals surface area contributed by atoms with E-state index < -0.39 is 20.0 Å². The van der Waals surface area contributed by atoms with E-state index in [0.717, 1.165) is 5.56 Å². The lowest BCUT2D eigenvalue weighted by molar-refractivity contribution is 0.593. The van der Waals surface area contributed by atoms with Crippen molar-refractivity contribution in [2.45, 2.75) is 16.7 Å². The molecule has 0 saturated heterocycles. The maximum atomic E-state index is 12.0. The molecule has 2 rings (SSSR count). The minimum atomic E-state index is -4.02. The highest BCUT2D eigenvalue weighted by Gasteiger charge is 2.16. The summed E-state index contributed by atoms with van der Waals surface area (Å²) in [6.07, 6.45) is 0. The van der Waals surface area contributed by atoms with Crippen LogP contribution in [0.4, 0.5) is 5.69 Å². The fraction of sp³-hybridized carbons (Fsp3) is 0.0769. The van der Waals surface area contributed by atoms with Crippen molar-refractivity contribution in [1.82, 2.24) is 0 Å². The van der Waals surface area contributed by atoms with Gasteiger partial charge in [-0.05, 0) is 31.2 Å². The Morgan fingerprint density at radius 2 is 1.50 bits per heavy atom. The quantitative estimate of drug-likeness (QED) is 0.858. The van der Waals surface area contributed by atoms with E-state index >= 15 is 0 Å². The molecule has 0 atom stereocenters. The standard InChI is InChI=1S/C13H13N3O4S2/c1-10-6-8-11(9-7-10)22(19,20)16-15-12-4-2-3-5-13(12)21(14,17)18/h2-9H,1H3,(H2,14,17,18)/b16-15+. The molecule has 0 radical (unpaired) electrons. The molecule has 0 fully saturated rings. The van der Waals surface area contributed by atoms with Crippen LogP contribution in [0, 0.1) is 6.92 Å². The summed E-state index contributed by atoms with van der Waals surface area (Å²) in [6, 6.07) is 11.5. The predicted octanol–water partition coefficient (Wildman–Crippen LogP) is 2.12. The van der Waals surface area contributed by atoms with Crippen LogP contribution in [0.3, 0.4) is 0 Å². The van der Waals surface area contributed by atoms with Crippen LogP contribution in [0.1, 0.15) is 5.56 Å². The van der Waals surface area contributed by atoms with Crippen LogP contribution < -0.4 is 5.14 Å². The Morgan fingerprint density at radius 1 is 0.909 bits per heavy atom. The molecular weight excluding hydrogens is 326 g/mol. The minimum absolute atomic E-state index is 0.0325. The van der Waals surface area contributed by atoms with Gasteiger partial charge in [0.05, 0.1) is 4.90 Å². The Bertz CT molecular complexity index is 918. The number of benzene rings is 2. The molecule has 7 nitrogen and oxygen atoms in total. The van der Waals surface area contributed by atoms with Gasteiger partial charge in [-0.25, -0.2) is 13.6 Å². The molecular formula is C13H13N3O4S2. The first kappa shape index (κ1) is 16.3. The van der Waals surface area contributed by atoms with E-state index in [-0.39, 0.29) is 15.5 Å². The normalized spacial score (nSPS) is 12.6. The zero-order valence-electron chi connectivity index (χ0n) is 11.5. The van der Waals surface area contributed by atoms with Gasteiger partial charge in [-0.2, -0.15) is 8.42 Å². The number of hydrogen-bond acceptors (Lipinski definition) is 5. The highest BCUT2D eigenvalue weighted by molar-refractivity contribution is 7.90. The molecule has 2 aromatic carbocycles. The third kappa shape index (κ3) is 3.75. The second-order valence-corrected chi connectivity index (χ2v) is 7.60. The molecule has 9 heteroatoms. The van der Waals surface area contributed by atoms with Crippen LogP contribution in [-0.4, -0.2) is 16.8 Å². The van der Waals surface area contributed by atoms with E-state index in [1.165, 1.54) is 36.4 Å². The molecule has 22 heavy (non-hydrogen) atoms. The van der Waals surface area contributed by atoms with Gasteiger partial charge in [-0.3, -0.25) is 0 Å². The van der Waals surface area contributed by atoms with Gasteiger partial charge in [-0.1, -0.05) is 34.3 Å². The van der Waals surface area contributed by atoms with Crippen molar-refractivity contribution in [3.05, 3.63) is 54.1 Å². The number of nitrogens with two attached hydrogens (primary N) is 1. The van der Waals surface area contributed by atoms with Crippen LogP contribution in [0.5, 0.6) is 0 Å². The van der Waals surface area contributed by atoms with Gasteiger partial charge in [0.2, 0.25) is 10.0 Å². The summed E-state index contributed by atoms with van der Waals surface area (Å²) in [5.41, 5.74) is 0.760. The molecule has 0 amide bonds. The van der Waals surface area contributed by atoms with Crippen LogP contribution in [0.2, 0.25) is 0 Å². The van der Waals surface area contributed by atoms with Crippen LogP contribution in [0.25, 0.3) is 0 Å². The van der Waals surface area contributed by atoms with E-state index in [1.807, 2.05) is 6.92 Å². The molecule has 0 heterocycles. The summed E-state index contributed by atoms with van der Waals surface area (Å²) in [7, 11) is -8.03. The lowest BCUT2D eigenvalue weighted by Gasteiger charge is -2.02. The molecule has 0 spiro atoms. The first-order valence-corrected chi connectivity index (χ1v) is 9.05. The van der Waals surface area contributed by atoms with Gasteiger partial charge in [0.1, 0.15) is 10.6 Å². The van der Waals surface area contributed by atoms with E-state index in [1.54, 1.807) is 12.1 Å². The minimum Gasteiger partial charge on any atom is -0.225 e. The number of hydrogen-bond donors (Lipinski definition) is 1. The fourth-order valence-electron chi connectivity index (χ4n) is 1.64. The first-order valence-electron chi connectivity index (χ1n) is 6.07. The molecule has 0 aliphatic rings. The Balaban J connectivity index is 2.43. The summed E-state index contributed by atoms with van der Waals surface area (Å²) in [6.45, 7) is 1.82. The predicted molar refractivity (Wildman–Crippen MR) is 80.7 cm³/mol. The zero-order chi connectivity index (χ0) is 16.4. The van der Waals surface area contributed by atoms with Crippen LogP contribution in [0.15, 0.2) is 68.0 Å². The van der Waals surface area contributed by atoms with Crippen LogP contribution >= 0.6 is 0 Å². The molecule has 0 saturated carbocycles. The Labute approximate surface area is 128 Å². The lowest BCUT2D eigenvalue weighted by Crippen LogP contribution is -2.12. The number of nitrogens with zero attached hydrogens (tertiary/aromatic N) is 2. The van der Waals surface area contributed by atoms with Gasteiger partial charge >= 0.3 is 0 Å². The highest BCUT2D eigenvalue weighted by atomic mass is 32.2. The maximum Gasteiger partial charge on any atom is 0.299 e. The van der Waals surface area contributed by atoms with Gasteiger partial charge in [0.25, 0.3) is 10.0 Å². The Kier molecular flexibility index (Phi) is 4.40. The summed E-state index contributed by atoms with van der Waals surface area (Å²) in [5, 5.41) is 8.57. The van der Waals surface area contributed by atoms with Crippen LogP contribution in [-0.2, 0) is 20.0 Å². The van der Waals surface area contributed by atoms with Crippen molar-refractivity contribution in [1.29, 1.82) is 0 Å². The Hall–Kier alpha value is -2.10. The number of sulfonamides is 2. The summed E-state index contributed by atoms with van der Waals surface area (Å²) in [5.74, 6) is 0. The highest BCUT2D eigenvalue weighted by Crippen LogP contribution is 2.24. The summed E-state index contributed by atoms with van der Waals surface area (Å²) >= 11 is 0. The fourth-order valence-corrected chi connectivity index (χ4v) is 3.07. The molecule has 116 valence electrons. The van der Waals surface area contributed by atoms with Crippen molar-refractivity contribution >= 4 is 25.7 Å². The van der Waals surface area contributed by atoms with Crippen molar-refractivity contribution in [2.24, 2.45) is 14.8 Å². The summed E-state index contributed by atoms with van der Waals surface area (Å²) in [4.78, 5) is -0.326. The maximum absolute atomic E-state index is 12.0. The molecule has 0 aliphatic heterocycles. The lowest BCUT2D eigenvalue weighted by atomic mass is 10.2. The first-order chi connectivity index (χ1) is 10.2. The molecule has 0 aliphatic carbocycles. The average Bonchev–Trinajstić information content (AvgIpc) is 2.45. The molecule has 2 aromatic rings. The number of aryl methyl sites for hydroxylation is 1. The van der Waals surface area contributed by atoms with E-state index in [2.05, 4.69) is 9.63 Å². The van der Waals surface area contributed by atoms with Gasteiger partial charge in [-0.15, -0.1) is 5.11 Å². The molecule has 0 bridgehead atoms. The van der Waals surface area contributed by atoms with E-state index in [0.29, 0.717) is 0 Å².